The van der Waals surface area contributed by atoms with E-state index in [9.17, 15) is 24.3 Å². The fourth-order valence-electron chi connectivity index (χ4n) is 10.2. The van der Waals surface area contributed by atoms with Crippen molar-refractivity contribution < 1.29 is 48.0 Å². The van der Waals surface area contributed by atoms with Gasteiger partial charge in [-0.25, -0.2) is 4.79 Å². The minimum Gasteiger partial charge on any atom is -0.461 e. The highest BCUT2D eigenvalue weighted by molar-refractivity contribution is 5.89. The first-order chi connectivity index (χ1) is 21.0. The molecule has 4 aliphatic carbocycles. The molecule has 10 nitrogen and oxygen atoms in total. The molecule has 0 amide bonds. The average molecular weight is 627 g/mol. The largest absolute Gasteiger partial charge is 0.461 e. The van der Waals surface area contributed by atoms with Gasteiger partial charge >= 0.3 is 23.9 Å². The third kappa shape index (κ3) is 4.48. The lowest BCUT2D eigenvalue weighted by atomic mass is 9.57. The number of hydrogen-bond donors (Lipinski definition) is 1. The predicted octanol–water partition coefficient (Wildman–Crippen LogP) is 4.11. The van der Waals surface area contributed by atoms with Crippen LogP contribution in [0.3, 0.4) is 0 Å². The second-order valence-electron chi connectivity index (χ2n) is 15.3. The SMILES string of the molecule is CC(=O)O[C@H]1[C@@]2(C)OC[C@@]3([C@H](O)[C@H]4[C@@H](OC(=O)C(C)C)[C@@H](C)C[C@@]41OC(C)=O)[C@H](OC(=O)c1ccccc1)C[C@H]1[C@@H]([C@@H]23)C1(C)C. The molecule has 1 aliphatic heterocycles. The smallest absolute Gasteiger partial charge is 0.338 e. The molecule has 0 radical (unpaired) electrons. The van der Waals surface area contributed by atoms with Crippen LogP contribution >= 0.6 is 0 Å². The lowest BCUT2D eigenvalue weighted by Gasteiger charge is -2.49. The van der Waals surface area contributed by atoms with Gasteiger partial charge in [0.25, 0.3) is 0 Å². The first kappa shape index (κ1) is 32.0. The maximum atomic E-state index is 13.6. The fourth-order valence-corrected chi connectivity index (χ4v) is 10.2. The Balaban J connectivity index is 1.57. The number of aliphatic hydroxyl groups is 1. The van der Waals surface area contributed by atoms with Crippen LogP contribution < -0.4 is 0 Å². The van der Waals surface area contributed by atoms with Crippen molar-refractivity contribution in [1.29, 1.82) is 0 Å². The lowest BCUT2D eigenvalue weighted by molar-refractivity contribution is -0.244. The van der Waals surface area contributed by atoms with Gasteiger partial charge in [0.1, 0.15) is 17.8 Å². The summed E-state index contributed by atoms with van der Waals surface area (Å²) in [5.41, 5.74) is -3.80. The molecule has 5 aliphatic rings. The van der Waals surface area contributed by atoms with E-state index < -0.39 is 82.7 Å². The van der Waals surface area contributed by atoms with Crippen LogP contribution in [0.25, 0.3) is 0 Å². The Morgan fingerprint density at radius 2 is 1.62 bits per heavy atom. The van der Waals surface area contributed by atoms with E-state index in [0.717, 1.165) is 0 Å². The van der Waals surface area contributed by atoms with Gasteiger partial charge in [0.05, 0.1) is 35.5 Å². The van der Waals surface area contributed by atoms with Gasteiger partial charge in [0.15, 0.2) is 11.7 Å². The third-order valence-corrected chi connectivity index (χ3v) is 12.0. The Morgan fingerprint density at radius 3 is 2.22 bits per heavy atom. The number of hydrogen-bond acceptors (Lipinski definition) is 10. The first-order valence-corrected chi connectivity index (χ1v) is 16.2. The maximum Gasteiger partial charge on any atom is 0.338 e. The molecular weight excluding hydrogens is 580 g/mol. The molecule has 1 N–H and O–H groups in total. The van der Waals surface area contributed by atoms with E-state index >= 15 is 0 Å². The molecule has 0 spiro atoms. The summed E-state index contributed by atoms with van der Waals surface area (Å²) in [6.45, 7) is 14.1. The van der Waals surface area contributed by atoms with E-state index in [2.05, 4.69) is 13.8 Å². The Labute approximate surface area is 264 Å². The van der Waals surface area contributed by atoms with Gasteiger partial charge in [-0.15, -0.1) is 0 Å². The van der Waals surface area contributed by atoms with Crippen molar-refractivity contribution in [2.75, 3.05) is 6.61 Å². The minimum absolute atomic E-state index is 0.0189. The number of carbonyl (C=O) groups is 4. The van der Waals surface area contributed by atoms with Gasteiger partial charge in [-0.2, -0.15) is 0 Å². The summed E-state index contributed by atoms with van der Waals surface area (Å²) in [4.78, 5) is 52.6. The quantitative estimate of drug-likeness (QED) is 0.363. The summed E-state index contributed by atoms with van der Waals surface area (Å²) in [6, 6.07) is 8.72. The number of benzene rings is 1. The number of aliphatic hydroxyl groups excluding tert-OH is 1. The van der Waals surface area contributed by atoms with Crippen molar-refractivity contribution in [3.8, 4) is 0 Å². The normalized spacial score (nSPS) is 43.6. The molecule has 0 unspecified atom stereocenters. The predicted molar refractivity (Wildman–Crippen MR) is 159 cm³/mol. The van der Waals surface area contributed by atoms with Crippen LogP contribution in [0.5, 0.6) is 0 Å². The summed E-state index contributed by atoms with van der Waals surface area (Å²) in [7, 11) is 0. The van der Waals surface area contributed by atoms with Crippen molar-refractivity contribution in [3.05, 3.63) is 35.9 Å². The zero-order valence-corrected chi connectivity index (χ0v) is 27.4. The molecule has 1 aromatic carbocycles. The minimum atomic E-state index is -1.58. The van der Waals surface area contributed by atoms with Gasteiger partial charge in [-0.1, -0.05) is 52.8 Å². The van der Waals surface area contributed by atoms with E-state index in [1.165, 1.54) is 13.8 Å². The van der Waals surface area contributed by atoms with Gasteiger partial charge in [0, 0.05) is 19.8 Å². The molecule has 10 heteroatoms. The number of rotatable bonds is 6. The topological polar surface area (TPSA) is 135 Å². The zero-order valence-electron chi connectivity index (χ0n) is 27.4. The number of carbonyl (C=O) groups excluding carboxylic acids is 4. The molecule has 4 saturated carbocycles. The summed E-state index contributed by atoms with van der Waals surface area (Å²) in [6.07, 6.45) is -3.44. The van der Waals surface area contributed by atoms with Crippen molar-refractivity contribution >= 4 is 23.9 Å². The molecule has 5 fully saturated rings. The molecule has 1 aromatic rings. The highest BCUT2D eigenvalue weighted by atomic mass is 16.6. The summed E-state index contributed by atoms with van der Waals surface area (Å²) in [5, 5.41) is 13.0. The number of esters is 4. The maximum absolute atomic E-state index is 13.6. The molecule has 45 heavy (non-hydrogen) atoms. The molecule has 1 saturated heterocycles. The first-order valence-electron chi connectivity index (χ1n) is 16.2. The van der Waals surface area contributed by atoms with E-state index in [0.29, 0.717) is 12.0 Å². The number of ether oxygens (including phenoxy) is 5. The van der Waals surface area contributed by atoms with Crippen LogP contribution in [0, 0.1) is 46.3 Å². The van der Waals surface area contributed by atoms with E-state index in [4.69, 9.17) is 23.7 Å². The Morgan fingerprint density at radius 1 is 0.956 bits per heavy atom. The van der Waals surface area contributed by atoms with Gasteiger partial charge < -0.3 is 28.8 Å². The Hall–Kier alpha value is -2.98. The van der Waals surface area contributed by atoms with E-state index in [1.807, 2.05) is 19.9 Å². The van der Waals surface area contributed by atoms with Crippen LogP contribution in [0.2, 0.25) is 0 Å². The van der Waals surface area contributed by atoms with Crippen LogP contribution in [-0.4, -0.2) is 71.2 Å². The van der Waals surface area contributed by atoms with Crippen LogP contribution in [0.4, 0.5) is 0 Å². The average Bonchev–Trinajstić information content (AvgIpc) is 3.21. The molecule has 1 heterocycles. The van der Waals surface area contributed by atoms with Gasteiger partial charge in [0.2, 0.25) is 0 Å². The highest BCUT2D eigenvalue weighted by Crippen LogP contribution is 2.78. The van der Waals surface area contributed by atoms with Crippen LogP contribution in [0.15, 0.2) is 30.3 Å². The molecule has 246 valence electrons. The Bertz CT molecular complexity index is 1390. The molecule has 12 atom stereocenters. The summed E-state index contributed by atoms with van der Waals surface area (Å²) >= 11 is 0. The van der Waals surface area contributed by atoms with Gasteiger partial charge in [-0.3, -0.25) is 14.4 Å². The third-order valence-electron chi connectivity index (χ3n) is 12.0. The molecular formula is C35H46O10. The molecule has 6 rings (SSSR count). The second-order valence-corrected chi connectivity index (χ2v) is 15.3. The number of fused-ring (bicyclic) bond motifs is 2. The lowest BCUT2D eigenvalue weighted by Crippen LogP contribution is -2.64. The van der Waals surface area contributed by atoms with E-state index in [-0.39, 0.29) is 36.2 Å². The second kappa shape index (κ2) is 10.5. The van der Waals surface area contributed by atoms with Crippen molar-refractivity contribution in [2.24, 2.45) is 46.3 Å². The molecule has 2 bridgehead atoms. The standard InChI is InChI=1S/C35H46O10/c1-17(2)29(39)44-26-18(3)15-35(45-20(5)37)25(26)28(38)34-16-41-33(8,31(35)42-19(4)36)27(34)24-22(32(24,6)7)14-23(34)43-30(40)21-12-10-9-11-13-21/h9-13,17-18,22-28,31,38H,14-16H2,1-8H3/t18-,22-,23+,24-,25+,26-,27-,28+,31-,33-,34+,35+/m0/s1. The van der Waals surface area contributed by atoms with Crippen molar-refractivity contribution in [2.45, 2.75) is 104 Å². The van der Waals surface area contributed by atoms with Crippen LogP contribution in [0.1, 0.15) is 78.6 Å². The van der Waals surface area contributed by atoms with Crippen molar-refractivity contribution in [3.63, 3.8) is 0 Å². The fraction of sp³-hybridized carbons (Fsp3) is 0.714. The monoisotopic (exact) mass is 626 g/mol. The summed E-state index contributed by atoms with van der Waals surface area (Å²) in [5.74, 6) is -4.25. The van der Waals surface area contributed by atoms with Crippen LogP contribution in [-0.2, 0) is 38.1 Å². The van der Waals surface area contributed by atoms with Gasteiger partial charge in [-0.05, 0) is 55.1 Å². The Kier molecular flexibility index (Phi) is 7.48. The summed E-state index contributed by atoms with van der Waals surface area (Å²) < 4.78 is 31.7. The highest BCUT2D eigenvalue weighted by Gasteiger charge is 2.86. The van der Waals surface area contributed by atoms with Crippen molar-refractivity contribution in [1.82, 2.24) is 0 Å². The molecule has 0 aromatic heterocycles. The van der Waals surface area contributed by atoms with E-state index in [1.54, 1.807) is 38.1 Å². The zero-order chi connectivity index (χ0) is 32.9.